The average molecular weight is 398 g/mol. The summed E-state index contributed by atoms with van der Waals surface area (Å²) in [4.78, 5) is 0. The van der Waals surface area contributed by atoms with Crippen LogP contribution in [0.2, 0.25) is 0 Å². The second kappa shape index (κ2) is 383. The molecular formula is Cu5O5. The van der Waals surface area contributed by atoms with E-state index >= 15 is 0 Å². The topological polar surface area (TPSA) is 85.3 Å². The standard InChI is InChI=1S/5Cu.5O. The molecule has 0 aromatic rings. The molecule has 0 bridgehead atoms. The summed E-state index contributed by atoms with van der Waals surface area (Å²) in [5.74, 6) is 0. The molecule has 5 nitrogen and oxygen atoms in total. The summed E-state index contributed by atoms with van der Waals surface area (Å²) in [6.07, 6.45) is 0. The molecule has 10 heavy (non-hydrogen) atoms. The van der Waals surface area contributed by atoms with Gasteiger partial charge in [0, 0.05) is 0 Å². The zero-order valence-electron chi connectivity index (χ0n) is 3.55. The maximum absolute atomic E-state index is 7.81. The van der Waals surface area contributed by atoms with Crippen LogP contribution in [-0.2, 0) is 98.9 Å². The molecule has 0 aliphatic carbocycles. The van der Waals surface area contributed by atoms with Gasteiger partial charge in [-0.15, -0.1) is 0 Å². The monoisotopic (exact) mass is 395 g/mol. The summed E-state index contributed by atoms with van der Waals surface area (Å²) >= 11 is 14.7. The first-order valence-electron chi connectivity index (χ1n) is 0.615. The Balaban J connectivity index is -0.0000000104. The summed E-state index contributed by atoms with van der Waals surface area (Å²) in [6.45, 7) is 0. The van der Waals surface area contributed by atoms with Crippen LogP contribution < -0.4 is 0 Å². The zero-order valence-corrected chi connectivity index (χ0v) is 8.26. The third-order valence-corrected chi connectivity index (χ3v) is 0. The molecule has 0 aliphatic rings. The molecule has 85 valence electrons. The van der Waals surface area contributed by atoms with Crippen molar-refractivity contribution in [3.05, 3.63) is 0 Å². The molecule has 0 radical (unpaired) electrons. The van der Waals surface area contributed by atoms with Crippen molar-refractivity contribution in [1.82, 2.24) is 0 Å². The molecule has 0 N–H and O–H groups in total. The van der Waals surface area contributed by atoms with Crippen LogP contribution in [0.3, 0.4) is 0 Å². The fourth-order valence-corrected chi connectivity index (χ4v) is 0. The van der Waals surface area contributed by atoms with Gasteiger partial charge in [-0.3, -0.25) is 0 Å². The third kappa shape index (κ3) is 278. The van der Waals surface area contributed by atoms with Gasteiger partial charge in [-0.05, 0) is 0 Å². The molecule has 0 rings (SSSR count). The molecule has 0 unspecified atom stereocenters. The number of hydrogen-bond acceptors (Lipinski definition) is 5. The molecule has 0 saturated carbocycles. The van der Waals surface area contributed by atoms with Gasteiger partial charge in [-0.1, -0.05) is 0 Å². The van der Waals surface area contributed by atoms with Crippen LogP contribution >= 0.6 is 0 Å². The van der Waals surface area contributed by atoms with E-state index < -0.39 is 0 Å². The summed E-state index contributed by atoms with van der Waals surface area (Å²) in [6, 6.07) is 0. The van der Waals surface area contributed by atoms with E-state index in [0.29, 0.717) is 0 Å². The van der Waals surface area contributed by atoms with Crippen molar-refractivity contribution in [3.63, 3.8) is 0 Å². The van der Waals surface area contributed by atoms with Crippen molar-refractivity contribution in [2.75, 3.05) is 0 Å². The first kappa shape index (κ1) is 29.9. The van der Waals surface area contributed by atoms with Crippen molar-refractivity contribution in [2.45, 2.75) is 0 Å². The van der Waals surface area contributed by atoms with Crippen molar-refractivity contribution in [1.29, 1.82) is 0 Å². The Kier molecular flexibility index (Phi) is 1140. The second-order valence-electron chi connectivity index (χ2n) is 0. The van der Waals surface area contributed by atoms with E-state index in [1.807, 2.05) is 0 Å². The van der Waals surface area contributed by atoms with Crippen LogP contribution in [0.25, 0.3) is 0 Å². The Bertz CT molecular complexity index is 21.6. The molecule has 0 aliphatic heterocycles. The van der Waals surface area contributed by atoms with Crippen molar-refractivity contribution < 1.29 is 98.9 Å². The van der Waals surface area contributed by atoms with Gasteiger partial charge in [0.15, 0.2) is 0 Å². The van der Waals surface area contributed by atoms with Gasteiger partial charge >= 0.3 is 98.9 Å². The van der Waals surface area contributed by atoms with Crippen molar-refractivity contribution in [2.24, 2.45) is 0 Å². The Morgan fingerprint density at radius 2 is 0.300 bits per heavy atom. The normalized spacial score (nSPS) is 3.00. The van der Waals surface area contributed by atoms with E-state index in [1.165, 1.54) is 0 Å². The molecule has 0 spiro atoms. The van der Waals surface area contributed by atoms with Crippen LogP contribution in [-0.4, -0.2) is 0 Å². The number of hydrogen-bond donors (Lipinski definition) is 0. The third-order valence-electron chi connectivity index (χ3n) is 0. The summed E-state index contributed by atoms with van der Waals surface area (Å²) in [5.41, 5.74) is 0. The minimum absolute atomic E-state index is 2.94. The van der Waals surface area contributed by atoms with Gasteiger partial charge < -0.3 is 0 Å². The quantitative estimate of drug-likeness (QED) is 0.509. The first-order chi connectivity index (χ1) is 5.00. The summed E-state index contributed by atoms with van der Waals surface area (Å²) in [7, 11) is 0. The van der Waals surface area contributed by atoms with E-state index in [1.54, 1.807) is 0 Å². The molecule has 10 heteroatoms. The Hall–Kier alpha value is 1.60. The first-order valence-corrected chi connectivity index (χ1v) is 2.54. The Morgan fingerprint density at radius 3 is 0.300 bits per heavy atom. The Labute approximate surface area is 97.9 Å². The van der Waals surface area contributed by atoms with Crippen LogP contribution in [0.1, 0.15) is 0 Å². The van der Waals surface area contributed by atoms with E-state index in [9.17, 15) is 0 Å². The van der Waals surface area contributed by atoms with Gasteiger partial charge in [0.1, 0.15) is 0 Å². The summed E-state index contributed by atoms with van der Waals surface area (Å²) in [5, 5.41) is 0. The maximum atomic E-state index is 7.81. The van der Waals surface area contributed by atoms with Crippen LogP contribution in [0.5, 0.6) is 0 Å². The Morgan fingerprint density at radius 1 is 0.300 bits per heavy atom. The molecule has 0 amide bonds. The van der Waals surface area contributed by atoms with Crippen LogP contribution in [0.15, 0.2) is 0 Å². The van der Waals surface area contributed by atoms with E-state index in [2.05, 4.69) is 79.7 Å². The van der Waals surface area contributed by atoms with Crippen molar-refractivity contribution in [3.8, 4) is 0 Å². The van der Waals surface area contributed by atoms with Crippen molar-refractivity contribution >= 4 is 0 Å². The van der Waals surface area contributed by atoms with Gasteiger partial charge in [-0.25, -0.2) is 0 Å². The molecule has 0 heterocycles. The van der Waals surface area contributed by atoms with E-state index in [-0.39, 0.29) is 0 Å². The zero-order chi connectivity index (χ0) is 10.0. The molecule has 0 atom stereocenters. The van der Waals surface area contributed by atoms with Crippen LogP contribution in [0.4, 0.5) is 0 Å². The van der Waals surface area contributed by atoms with Crippen LogP contribution in [0, 0.1) is 0 Å². The fourth-order valence-electron chi connectivity index (χ4n) is 0. The molecule has 0 fully saturated rings. The summed E-state index contributed by atoms with van der Waals surface area (Å²) < 4.78 is 39.1. The van der Waals surface area contributed by atoms with Gasteiger partial charge in [-0.2, -0.15) is 0 Å². The molecular weight excluding hydrogens is 398 g/mol. The van der Waals surface area contributed by atoms with E-state index in [4.69, 9.17) is 19.2 Å². The van der Waals surface area contributed by atoms with Gasteiger partial charge in [0.05, 0.1) is 0 Å². The van der Waals surface area contributed by atoms with Gasteiger partial charge in [0.2, 0.25) is 0 Å². The van der Waals surface area contributed by atoms with Gasteiger partial charge in [0.25, 0.3) is 0 Å². The SMILES string of the molecule is [O]=[Cu].[O]=[Cu].[O]=[Cu].[O]=[Cu].[O]=[Cu]. The minimum atomic E-state index is 2.94. The molecule has 0 aromatic carbocycles. The average Bonchev–Trinajstić information content (AvgIpc) is 2.20. The second-order valence-corrected chi connectivity index (χ2v) is 0. The number of rotatable bonds is 0. The predicted octanol–water partition coefficient (Wildman–Crippen LogP) is -0.606. The fraction of sp³-hybridized carbons (Fsp3) is 0. The van der Waals surface area contributed by atoms with E-state index in [0.717, 1.165) is 0 Å². The predicted molar refractivity (Wildman–Crippen MR) is 3.43 cm³/mol. The molecule has 0 saturated heterocycles. The molecule has 0 aromatic heterocycles.